The van der Waals surface area contributed by atoms with Gasteiger partial charge in [-0.1, -0.05) is 42.5 Å². The third-order valence-electron chi connectivity index (χ3n) is 3.12. The maximum Gasteiger partial charge on any atom is 0.0139 e. The van der Waals surface area contributed by atoms with Gasteiger partial charge in [-0.15, -0.1) is 0 Å². The van der Waals surface area contributed by atoms with Gasteiger partial charge in [0, 0.05) is 3.57 Å². The number of fused-ring (bicyclic) bond motifs is 1. The van der Waals surface area contributed by atoms with E-state index < -0.39 is 0 Å². The second-order valence-electron chi connectivity index (χ2n) is 4.58. The average Bonchev–Trinajstić information content (AvgIpc) is 2.37. The van der Waals surface area contributed by atoms with Crippen molar-refractivity contribution in [3.63, 3.8) is 0 Å². The van der Waals surface area contributed by atoms with Crippen LogP contribution in [0, 0.1) is 10.5 Å². The first-order valence-electron chi connectivity index (χ1n) is 5.99. The van der Waals surface area contributed by atoms with E-state index in [9.17, 15) is 0 Å². The first-order chi connectivity index (χ1) is 8.72. The second-order valence-corrected chi connectivity index (χ2v) is 5.82. The van der Waals surface area contributed by atoms with E-state index in [1.807, 2.05) is 0 Å². The van der Waals surface area contributed by atoms with E-state index in [1.165, 1.54) is 31.0 Å². The van der Waals surface area contributed by atoms with Gasteiger partial charge >= 0.3 is 0 Å². The SMILES string of the molecule is Cc1cc(I)cc(-c2ccc3ccccc3c2)c1. The minimum absolute atomic E-state index is 1.29. The highest BCUT2D eigenvalue weighted by Gasteiger charge is 2.01. The largest absolute Gasteiger partial charge is 0.0616 e. The molecule has 0 saturated heterocycles. The van der Waals surface area contributed by atoms with Crippen molar-refractivity contribution >= 4 is 33.4 Å². The van der Waals surface area contributed by atoms with Gasteiger partial charge in [0.25, 0.3) is 0 Å². The summed E-state index contributed by atoms with van der Waals surface area (Å²) in [7, 11) is 0. The topological polar surface area (TPSA) is 0 Å². The Hall–Kier alpha value is -1.35. The lowest BCUT2D eigenvalue weighted by atomic mass is 10.0. The maximum atomic E-state index is 2.38. The smallest absolute Gasteiger partial charge is 0.0139 e. The summed E-state index contributed by atoms with van der Waals surface area (Å²) in [6.45, 7) is 2.15. The molecule has 0 saturated carbocycles. The molecule has 88 valence electrons. The van der Waals surface area contributed by atoms with Crippen molar-refractivity contribution in [3.05, 3.63) is 69.8 Å². The number of hydrogen-bond donors (Lipinski definition) is 0. The molecular formula is C17H13I. The summed E-state index contributed by atoms with van der Waals surface area (Å²) < 4.78 is 1.29. The van der Waals surface area contributed by atoms with E-state index in [0.29, 0.717) is 0 Å². The fourth-order valence-electron chi connectivity index (χ4n) is 2.27. The molecule has 0 radical (unpaired) electrons. The molecule has 1 heteroatoms. The zero-order chi connectivity index (χ0) is 12.5. The molecule has 0 aromatic heterocycles. The molecule has 0 amide bonds. The Morgan fingerprint density at radius 3 is 2.28 bits per heavy atom. The Balaban J connectivity index is 2.19. The number of rotatable bonds is 1. The zero-order valence-corrected chi connectivity index (χ0v) is 12.3. The van der Waals surface area contributed by atoms with Crippen LogP contribution < -0.4 is 0 Å². The summed E-state index contributed by atoms with van der Waals surface area (Å²) in [5.74, 6) is 0. The number of hydrogen-bond acceptors (Lipinski definition) is 0. The second kappa shape index (κ2) is 4.73. The lowest BCUT2D eigenvalue weighted by molar-refractivity contribution is 1.45. The molecule has 0 aliphatic rings. The number of halogens is 1. The van der Waals surface area contributed by atoms with Crippen molar-refractivity contribution in [2.24, 2.45) is 0 Å². The zero-order valence-electron chi connectivity index (χ0n) is 10.2. The van der Waals surface area contributed by atoms with Crippen LogP contribution in [0.2, 0.25) is 0 Å². The highest BCUT2D eigenvalue weighted by atomic mass is 127. The van der Waals surface area contributed by atoms with Crippen LogP contribution in [-0.2, 0) is 0 Å². The fraction of sp³-hybridized carbons (Fsp3) is 0.0588. The van der Waals surface area contributed by atoms with Gasteiger partial charge in [-0.05, 0) is 75.2 Å². The van der Waals surface area contributed by atoms with Gasteiger partial charge in [0.1, 0.15) is 0 Å². The first kappa shape index (κ1) is 11.7. The highest BCUT2D eigenvalue weighted by molar-refractivity contribution is 14.1. The average molecular weight is 344 g/mol. The van der Waals surface area contributed by atoms with Gasteiger partial charge in [-0.3, -0.25) is 0 Å². The summed E-state index contributed by atoms with van der Waals surface area (Å²) in [6.07, 6.45) is 0. The van der Waals surface area contributed by atoms with Crippen LogP contribution in [0.15, 0.2) is 60.7 Å². The molecule has 0 bridgehead atoms. The number of aryl methyl sites for hydroxylation is 1. The maximum absolute atomic E-state index is 2.38. The van der Waals surface area contributed by atoms with Gasteiger partial charge in [-0.25, -0.2) is 0 Å². The third kappa shape index (κ3) is 2.27. The molecule has 0 heterocycles. The standard InChI is InChI=1S/C17H13I/c1-12-8-16(11-17(18)9-12)15-7-6-13-4-2-3-5-14(13)10-15/h2-11H,1H3. The summed E-state index contributed by atoms with van der Waals surface area (Å²) >= 11 is 2.38. The van der Waals surface area contributed by atoms with Crippen LogP contribution in [0.4, 0.5) is 0 Å². The van der Waals surface area contributed by atoms with Gasteiger partial charge in [0.2, 0.25) is 0 Å². The van der Waals surface area contributed by atoms with Crippen molar-refractivity contribution in [1.29, 1.82) is 0 Å². The predicted octanol–water partition coefficient (Wildman–Crippen LogP) is 5.42. The molecule has 0 fully saturated rings. The van der Waals surface area contributed by atoms with E-state index in [0.717, 1.165) is 0 Å². The van der Waals surface area contributed by atoms with Gasteiger partial charge in [-0.2, -0.15) is 0 Å². The molecule has 18 heavy (non-hydrogen) atoms. The lowest BCUT2D eigenvalue weighted by Gasteiger charge is -2.06. The Morgan fingerprint density at radius 2 is 1.50 bits per heavy atom. The molecule has 0 atom stereocenters. The van der Waals surface area contributed by atoms with Crippen molar-refractivity contribution < 1.29 is 0 Å². The van der Waals surface area contributed by atoms with Gasteiger partial charge in [0.15, 0.2) is 0 Å². The minimum atomic E-state index is 1.29. The monoisotopic (exact) mass is 344 g/mol. The molecule has 3 aromatic rings. The third-order valence-corrected chi connectivity index (χ3v) is 3.75. The van der Waals surface area contributed by atoms with Crippen LogP contribution in [-0.4, -0.2) is 0 Å². The highest BCUT2D eigenvalue weighted by Crippen LogP contribution is 2.26. The Labute approximate surface area is 121 Å². The van der Waals surface area contributed by atoms with Gasteiger partial charge in [0.05, 0.1) is 0 Å². The van der Waals surface area contributed by atoms with Crippen molar-refractivity contribution in [2.45, 2.75) is 6.92 Å². The molecular weight excluding hydrogens is 331 g/mol. The summed E-state index contributed by atoms with van der Waals surface area (Å²) in [5.41, 5.74) is 3.89. The summed E-state index contributed by atoms with van der Waals surface area (Å²) in [4.78, 5) is 0. The van der Waals surface area contributed by atoms with Crippen LogP contribution >= 0.6 is 22.6 Å². The molecule has 0 spiro atoms. The quantitative estimate of drug-likeness (QED) is 0.517. The first-order valence-corrected chi connectivity index (χ1v) is 7.07. The fourth-order valence-corrected chi connectivity index (χ4v) is 3.10. The van der Waals surface area contributed by atoms with Crippen LogP contribution in [0.1, 0.15) is 5.56 Å². The summed E-state index contributed by atoms with van der Waals surface area (Å²) in [6, 6.07) is 21.8. The molecule has 3 rings (SSSR count). The lowest BCUT2D eigenvalue weighted by Crippen LogP contribution is -1.83. The van der Waals surface area contributed by atoms with Crippen LogP contribution in [0.5, 0.6) is 0 Å². The van der Waals surface area contributed by atoms with Crippen molar-refractivity contribution in [3.8, 4) is 11.1 Å². The Kier molecular flexibility index (Phi) is 3.08. The molecule has 3 aromatic carbocycles. The Bertz CT molecular complexity index is 693. The van der Waals surface area contributed by atoms with Gasteiger partial charge < -0.3 is 0 Å². The molecule has 0 nitrogen and oxygen atoms in total. The van der Waals surface area contributed by atoms with E-state index in [-0.39, 0.29) is 0 Å². The molecule has 0 N–H and O–H groups in total. The molecule has 0 unspecified atom stereocenters. The van der Waals surface area contributed by atoms with E-state index in [4.69, 9.17) is 0 Å². The van der Waals surface area contributed by atoms with Crippen LogP contribution in [0.25, 0.3) is 21.9 Å². The Morgan fingerprint density at radius 1 is 0.722 bits per heavy atom. The molecule has 0 aliphatic heterocycles. The van der Waals surface area contributed by atoms with Crippen molar-refractivity contribution in [1.82, 2.24) is 0 Å². The normalized spacial score (nSPS) is 10.8. The van der Waals surface area contributed by atoms with E-state index in [2.05, 4.69) is 90.2 Å². The number of benzene rings is 3. The molecule has 0 aliphatic carbocycles. The van der Waals surface area contributed by atoms with E-state index in [1.54, 1.807) is 0 Å². The van der Waals surface area contributed by atoms with Crippen LogP contribution in [0.3, 0.4) is 0 Å². The predicted molar refractivity (Wildman–Crippen MR) is 86.8 cm³/mol. The summed E-state index contributed by atoms with van der Waals surface area (Å²) in [5, 5.41) is 2.59. The minimum Gasteiger partial charge on any atom is -0.0616 e. The van der Waals surface area contributed by atoms with E-state index >= 15 is 0 Å². The van der Waals surface area contributed by atoms with Crippen molar-refractivity contribution in [2.75, 3.05) is 0 Å².